The second-order valence-electron chi connectivity index (χ2n) is 7.85. The summed E-state index contributed by atoms with van der Waals surface area (Å²) in [6.45, 7) is 0.567. The Morgan fingerprint density at radius 2 is 2.03 bits per heavy atom. The van der Waals surface area contributed by atoms with Gasteiger partial charge in [0.25, 0.3) is 5.91 Å². The minimum absolute atomic E-state index is 0.0311. The van der Waals surface area contributed by atoms with Gasteiger partial charge in [-0.05, 0) is 12.1 Å². The van der Waals surface area contributed by atoms with Gasteiger partial charge in [0, 0.05) is 30.9 Å². The molecule has 0 bridgehead atoms. The number of anilines is 2. The minimum Gasteiger partial charge on any atom is -0.482 e. The monoisotopic (exact) mass is 478 g/mol. The topological polar surface area (TPSA) is 110 Å². The third kappa shape index (κ3) is 5.08. The van der Waals surface area contributed by atoms with Crippen LogP contribution in [0.2, 0.25) is 0 Å². The zero-order chi connectivity index (χ0) is 24.0. The Morgan fingerprint density at radius 3 is 2.77 bits per heavy atom. The van der Waals surface area contributed by atoms with Crippen LogP contribution in [0.5, 0.6) is 5.75 Å². The van der Waals surface area contributed by atoms with E-state index in [-0.39, 0.29) is 26.2 Å². The fourth-order valence-electron chi connectivity index (χ4n) is 3.91. The Morgan fingerprint density at radius 1 is 1.14 bits per heavy atom. The number of alkyl halides is 1. The molecular weight excluding hydrogens is 455 g/mol. The van der Waals surface area contributed by atoms with E-state index in [1.54, 1.807) is 24.4 Å². The standard InChI is InChI=1S/C24H23FN6O4/c25-20-15-30(10-11-31(20)22(32)16-33-18-7-4-9-26-13-18)24-19(14-27-21-8-12-34-28-21)35-29-23(24)17-5-2-1-3-6-17/h1-9,12-13,20H,10-11,14-16H2,(H,27,28). The number of rotatable bonds is 8. The van der Waals surface area contributed by atoms with Crippen molar-refractivity contribution in [3.05, 3.63) is 72.9 Å². The molecule has 0 aliphatic carbocycles. The molecule has 1 unspecified atom stereocenters. The molecule has 1 amide bonds. The number of carbonyl (C=O) groups excluding carboxylic acids is 1. The molecule has 1 saturated heterocycles. The lowest BCUT2D eigenvalue weighted by Gasteiger charge is -2.38. The Labute approximate surface area is 200 Å². The number of nitrogens with zero attached hydrogens (tertiary/aromatic N) is 5. The lowest BCUT2D eigenvalue weighted by molar-refractivity contribution is -0.139. The van der Waals surface area contributed by atoms with Crippen LogP contribution in [-0.2, 0) is 11.3 Å². The summed E-state index contributed by atoms with van der Waals surface area (Å²) in [7, 11) is 0. The number of pyridine rings is 1. The Bertz CT molecular complexity index is 1240. The van der Waals surface area contributed by atoms with Gasteiger partial charge < -0.3 is 28.9 Å². The van der Waals surface area contributed by atoms with Crippen molar-refractivity contribution in [2.75, 3.05) is 36.5 Å². The van der Waals surface area contributed by atoms with Crippen LogP contribution < -0.4 is 15.0 Å². The summed E-state index contributed by atoms with van der Waals surface area (Å²) in [5, 5.41) is 11.2. The van der Waals surface area contributed by atoms with Crippen molar-refractivity contribution in [3.8, 4) is 17.0 Å². The number of hydrogen-bond donors (Lipinski definition) is 1. The molecule has 4 heterocycles. The first kappa shape index (κ1) is 22.4. The quantitative estimate of drug-likeness (QED) is 0.381. The smallest absolute Gasteiger partial charge is 0.262 e. The zero-order valence-corrected chi connectivity index (χ0v) is 18.7. The summed E-state index contributed by atoms with van der Waals surface area (Å²) >= 11 is 0. The van der Waals surface area contributed by atoms with E-state index in [0.29, 0.717) is 35.3 Å². The summed E-state index contributed by atoms with van der Waals surface area (Å²) in [5.41, 5.74) is 2.13. The molecule has 3 aromatic heterocycles. The predicted octanol–water partition coefficient (Wildman–Crippen LogP) is 3.36. The van der Waals surface area contributed by atoms with E-state index in [4.69, 9.17) is 13.8 Å². The maximum absolute atomic E-state index is 15.2. The van der Waals surface area contributed by atoms with Crippen LogP contribution in [0, 0.1) is 0 Å². The van der Waals surface area contributed by atoms with Crippen LogP contribution in [0.4, 0.5) is 15.9 Å². The third-order valence-corrected chi connectivity index (χ3v) is 5.60. The van der Waals surface area contributed by atoms with Gasteiger partial charge in [0.1, 0.15) is 23.4 Å². The van der Waals surface area contributed by atoms with E-state index in [1.807, 2.05) is 35.2 Å². The number of amides is 1. The van der Waals surface area contributed by atoms with Gasteiger partial charge in [0.15, 0.2) is 24.5 Å². The molecular formula is C24H23FN6O4. The highest BCUT2D eigenvalue weighted by atomic mass is 19.1. The zero-order valence-electron chi connectivity index (χ0n) is 18.7. The van der Waals surface area contributed by atoms with Gasteiger partial charge >= 0.3 is 0 Å². The summed E-state index contributed by atoms with van der Waals surface area (Å²) in [6.07, 6.45) is 3.05. The largest absolute Gasteiger partial charge is 0.482 e. The van der Waals surface area contributed by atoms with Gasteiger partial charge in [-0.15, -0.1) is 0 Å². The number of halogens is 1. The molecule has 1 aromatic carbocycles. The SMILES string of the molecule is O=C(COc1cccnc1)N1CCN(c2c(-c3ccccc3)noc2CNc2ccon2)CC1F. The average Bonchev–Trinajstić information content (AvgIpc) is 3.57. The molecule has 1 aliphatic rings. The highest BCUT2D eigenvalue weighted by Gasteiger charge is 2.34. The molecule has 1 fully saturated rings. The Hall–Kier alpha value is -4.41. The molecule has 0 spiro atoms. The Balaban J connectivity index is 1.31. The number of piperazine rings is 1. The number of ether oxygens (including phenoxy) is 1. The highest BCUT2D eigenvalue weighted by molar-refractivity contribution is 5.79. The van der Waals surface area contributed by atoms with Gasteiger partial charge in [-0.2, -0.15) is 0 Å². The normalized spacial score (nSPS) is 15.7. The average molecular weight is 478 g/mol. The van der Waals surface area contributed by atoms with Crippen molar-refractivity contribution in [2.24, 2.45) is 0 Å². The summed E-state index contributed by atoms with van der Waals surface area (Å²) in [5.74, 6) is 1.10. The van der Waals surface area contributed by atoms with Gasteiger partial charge in [-0.25, -0.2) is 4.39 Å². The predicted molar refractivity (Wildman–Crippen MR) is 124 cm³/mol. The maximum atomic E-state index is 15.2. The molecule has 35 heavy (non-hydrogen) atoms. The summed E-state index contributed by atoms with van der Waals surface area (Å²) in [4.78, 5) is 19.6. The second kappa shape index (κ2) is 10.2. The van der Waals surface area contributed by atoms with Crippen molar-refractivity contribution < 1.29 is 23.0 Å². The van der Waals surface area contributed by atoms with E-state index < -0.39 is 12.2 Å². The third-order valence-electron chi connectivity index (χ3n) is 5.60. The molecule has 0 saturated carbocycles. The maximum Gasteiger partial charge on any atom is 0.262 e. The summed E-state index contributed by atoms with van der Waals surface area (Å²) < 4.78 is 31.2. The van der Waals surface area contributed by atoms with E-state index >= 15 is 4.39 Å². The van der Waals surface area contributed by atoms with Gasteiger partial charge in [0.05, 0.1) is 19.3 Å². The van der Waals surface area contributed by atoms with Crippen molar-refractivity contribution in [1.82, 2.24) is 20.2 Å². The molecule has 5 rings (SSSR count). The number of carbonyl (C=O) groups is 1. The lowest BCUT2D eigenvalue weighted by Crippen LogP contribution is -2.54. The number of benzene rings is 1. The first-order valence-corrected chi connectivity index (χ1v) is 11.1. The molecule has 4 aromatic rings. The molecule has 1 atom stereocenters. The number of hydrogen-bond acceptors (Lipinski definition) is 9. The molecule has 180 valence electrons. The minimum atomic E-state index is -1.52. The van der Waals surface area contributed by atoms with Crippen LogP contribution in [-0.4, -0.2) is 58.6 Å². The van der Waals surface area contributed by atoms with Gasteiger partial charge in [-0.3, -0.25) is 9.78 Å². The first-order valence-electron chi connectivity index (χ1n) is 11.1. The van der Waals surface area contributed by atoms with E-state index in [1.165, 1.54) is 17.4 Å². The molecule has 1 N–H and O–H groups in total. The fourth-order valence-corrected chi connectivity index (χ4v) is 3.91. The van der Waals surface area contributed by atoms with E-state index in [9.17, 15) is 4.79 Å². The number of nitrogens with one attached hydrogen (secondary N) is 1. The van der Waals surface area contributed by atoms with Crippen LogP contribution in [0.25, 0.3) is 11.3 Å². The second-order valence-corrected chi connectivity index (χ2v) is 7.85. The van der Waals surface area contributed by atoms with Crippen molar-refractivity contribution in [1.29, 1.82) is 0 Å². The number of aromatic nitrogens is 3. The van der Waals surface area contributed by atoms with Gasteiger partial charge in [-0.1, -0.05) is 40.6 Å². The fraction of sp³-hybridized carbons (Fsp3) is 0.250. The van der Waals surface area contributed by atoms with Crippen LogP contribution >= 0.6 is 0 Å². The van der Waals surface area contributed by atoms with Crippen molar-refractivity contribution in [3.63, 3.8) is 0 Å². The molecule has 10 nitrogen and oxygen atoms in total. The molecule has 1 aliphatic heterocycles. The molecule has 0 radical (unpaired) electrons. The van der Waals surface area contributed by atoms with Crippen LogP contribution in [0.3, 0.4) is 0 Å². The van der Waals surface area contributed by atoms with E-state index in [2.05, 4.69) is 20.6 Å². The highest BCUT2D eigenvalue weighted by Crippen LogP contribution is 2.35. The van der Waals surface area contributed by atoms with E-state index in [0.717, 1.165) is 5.56 Å². The van der Waals surface area contributed by atoms with Gasteiger partial charge in [0.2, 0.25) is 0 Å². The lowest BCUT2D eigenvalue weighted by atomic mass is 10.1. The van der Waals surface area contributed by atoms with Crippen LogP contribution in [0.15, 0.2) is 76.2 Å². The Kier molecular flexibility index (Phi) is 6.55. The van der Waals surface area contributed by atoms with Crippen LogP contribution in [0.1, 0.15) is 5.76 Å². The molecule has 11 heteroatoms. The first-order chi connectivity index (χ1) is 17.2. The van der Waals surface area contributed by atoms with Crippen molar-refractivity contribution in [2.45, 2.75) is 12.8 Å². The van der Waals surface area contributed by atoms with Crippen molar-refractivity contribution >= 4 is 17.4 Å². The summed E-state index contributed by atoms with van der Waals surface area (Å²) in [6, 6.07) is 14.6.